The van der Waals surface area contributed by atoms with Crippen molar-refractivity contribution in [2.75, 3.05) is 25.4 Å². The minimum Gasteiger partial charge on any atom is -0.303 e. The van der Waals surface area contributed by atoms with Gasteiger partial charge in [-0.15, -0.1) is 11.8 Å². The smallest absolute Gasteiger partial charge is 0.287 e. The Morgan fingerprint density at radius 3 is 2.63 bits per heavy atom. The summed E-state index contributed by atoms with van der Waals surface area (Å²) in [6, 6.07) is 6.56. The predicted molar refractivity (Wildman–Crippen MR) is 76.3 cm³/mol. The third kappa shape index (κ3) is 4.54. The van der Waals surface area contributed by atoms with Crippen LogP contribution in [0, 0.1) is 21.4 Å². The fourth-order valence-electron chi connectivity index (χ4n) is 1.69. The van der Waals surface area contributed by atoms with Crippen LogP contribution in [0.3, 0.4) is 0 Å². The lowest BCUT2D eigenvalue weighted by molar-refractivity contribution is -0.385. The van der Waals surface area contributed by atoms with Gasteiger partial charge in [0.2, 0.25) is 0 Å². The van der Waals surface area contributed by atoms with E-state index in [1.165, 1.54) is 6.07 Å². The number of benzene rings is 1. The minimum absolute atomic E-state index is 0.123. The summed E-state index contributed by atoms with van der Waals surface area (Å²) in [6.45, 7) is 7.24. The molecule has 0 atom stereocenters. The first kappa shape index (κ1) is 15.5. The molecule has 1 aromatic carbocycles. The zero-order valence-corrected chi connectivity index (χ0v) is 11.9. The van der Waals surface area contributed by atoms with Gasteiger partial charge in [-0.1, -0.05) is 13.8 Å². The molecule has 0 aliphatic rings. The number of hydrogen-bond donors (Lipinski definition) is 0. The maximum absolute atomic E-state index is 10.7. The lowest BCUT2D eigenvalue weighted by atomic mass is 10.2. The first-order valence-corrected chi connectivity index (χ1v) is 7.14. The highest BCUT2D eigenvalue weighted by Gasteiger charge is 2.13. The van der Waals surface area contributed by atoms with Crippen LogP contribution >= 0.6 is 11.8 Å². The second-order valence-electron chi connectivity index (χ2n) is 3.92. The van der Waals surface area contributed by atoms with Crippen molar-refractivity contribution in [1.29, 1.82) is 5.26 Å². The Labute approximate surface area is 117 Å². The zero-order valence-electron chi connectivity index (χ0n) is 11.1. The fourth-order valence-corrected chi connectivity index (χ4v) is 2.64. The Morgan fingerprint density at radius 2 is 2.11 bits per heavy atom. The maximum Gasteiger partial charge on any atom is 0.287 e. The fraction of sp³-hybridized carbons (Fsp3) is 0.462. The van der Waals surface area contributed by atoms with Crippen LogP contribution in [0.25, 0.3) is 0 Å². The van der Waals surface area contributed by atoms with Crippen LogP contribution < -0.4 is 0 Å². The van der Waals surface area contributed by atoms with Crippen molar-refractivity contribution in [1.82, 2.24) is 4.90 Å². The van der Waals surface area contributed by atoms with Gasteiger partial charge >= 0.3 is 0 Å². The van der Waals surface area contributed by atoms with Crippen LogP contribution in [0.15, 0.2) is 23.1 Å². The number of nitrogens with zero attached hydrogens (tertiary/aromatic N) is 3. The number of nitro benzene ring substituents is 1. The second-order valence-corrected chi connectivity index (χ2v) is 5.09. The summed E-state index contributed by atoms with van der Waals surface area (Å²) >= 11 is 1.61. The Hall–Kier alpha value is -1.58. The highest BCUT2D eigenvalue weighted by atomic mass is 32.2. The van der Waals surface area contributed by atoms with Crippen LogP contribution in [-0.4, -0.2) is 35.2 Å². The summed E-state index contributed by atoms with van der Waals surface area (Å²) in [7, 11) is 0. The molecule has 0 fully saturated rings. The highest BCUT2D eigenvalue weighted by Crippen LogP contribution is 2.25. The molecule has 102 valence electrons. The third-order valence-corrected chi connectivity index (χ3v) is 3.83. The molecule has 0 heterocycles. The van der Waals surface area contributed by atoms with E-state index in [9.17, 15) is 10.1 Å². The molecule has 6 heteroatoms. The molecule has 0 unspecified atom stereocenters. The number of rotatable bonds is 7. The molecule has 0 aliphatic heterocycles. The Balaban J connectivity index is 2.66. The molecule has 1 rings (SSSR count). The second kappa shape index (κ2) is 7.77. The van der Waals surface area contributed by atoms with Crippen molar-refractivity contribution in [3.8, 4) is 6.07 Å². The van der Waals surface area contributed by atoms with E-state index in [1.54, 1.807) is 23.9 Å². The lowest BCUT2D eigenvalue weighted by Gasteiger charge is -2.17. The summed E-state index contributed by atoms with van der Waals surface area (Å²) < 4.78 is 0. The van der Waals surface area contributed by atoms with Gasteiger partial charge in [0.1, 0.15) is 11.6 Å². The zero-order chi connectivity index (χ0) is 14.3. The number of thioether (sulfide) groups is 1. The van der Waals surface area contributed by atoms with Crippen molar-refractivity contribution in [3.05, 3.63) is 33.9 Å². The Bertz CT molecular complexity index is 481. The van der Waals surface area contributed by atoms with Crippen LogP contribution in [0.5, 0.6) is 0 Å². The number of nitriles is 1. The molecule has 0 saturated heterocycles. The van der Waals surface area contributed by atoms with Gasteiger partial charge in [-0.2, -0.15) is 5.26 Å². The van der Waals surface area contributed by atoms with E-state index in [2.05, 4.69) is 18.7 Å². The minimum atomic E-state index is -0.525. The quantitative estimate of drug-likeness (QED) is 0.436. The van der Waals surface area contributed by atoms with Crippen molar-refractivity contribution in [2.45, 2.75) is 18.7 Å². The SMILES string of the molecule is CCN(CC)CCSc1ccc([N+](=O)[O-])c(C#N)c1. The summed E-state index contributed by atoms with van der Waals surface area (Å²) in [5.74, 6) is 0.907. The third-order valence-electron chi connectivity index (χ3n) is 2.86. The van der Waals surface area contributed by atoms with Gasteiger partial charge in [0.25, 0.3) is 5.69 Å². The highest BCUT2D eigenvalue weighted by molar-refractivity contribution is 7.99. The van der Waals surface area contributed by atoms with Crippen molar-refractivity contribution in [2.24, 2.45) is 0 Å². The van der Waals surface area contributed by atoms with E-state index in [-0.39, 0.29) is 11.3 Å². The van der Waals surface area contributed by atoms with E-state index in [1.807, 2.05) is 6.07 Å². The first-order chi connectivity index (χ1) is 9.12. The van der Waals surface area contributed by atoms with Gasteiger partial charge < -0.3 is 4.90 Å². The average Bonchev–Trinajstić information content (AvgIpc) is 2.43. The summed E-state index contributed by atoms with van der Waals surface area (Å²) in [6.07, 6.45) is 0. The monoisotopic (exact) mass is 279 g/mol. The van der Waals surface area contributed by atoms with Gasteiger partial charge in [-0.25, -0.2) is 0 Å². The van der Waals surface area contributed by atoms with Crippen LogP contribution in [0.2, 0.25) is 0 Å². The molecular weight excluding hydrogens is 262 g/mol. The molecule has 0 amide bonds. The normalized spacial score (nSPS) is 10.4. The van der Waals surface area contributed by atoms with E-state index in [0.29, 0.717) is 0 Å². The molecular formula is C13H17N3O2S. The summed E-state index contributed by atoms with van der Waals surface area (Å²) in [4.78, 5) is 13.4. The molecule has 0 aromatic heterocycles. The molecule has 1 aromatic rings. The van der Waals surface area contributed by atoms with Gasteiger partial charge in [-0.05, 0) is 25.2 Å². The largest absolute Gasteiger partial charge is 0.303 e. The summed E-state index contributed by atoms with van der Waals surface area (Å²) in [5.41, 5.74) is -0.00608. The molecule has 0 N–H and O–H groups in total. The summed E-state index contributed by atoms with van der Waals surface area (Å²) in [5, 5.41) is 19.6. The average molecular weight is 279 g/mol. The van der Waals surface area contributed by atoms with E-state index in [0.717, 1.165) is 30.3 Å². The predicted octanol–water partition coefficient (Wildman–Crippen LogP) is 2.90. The van der Waals surface area contributed by atoms with Crippen LogP contribution in [-0.2, 0) is 0 Å². The number of nitro groups is 1. The maximum atomic E-state index is 10.7. The van der Waals surface area contributed by atoms with Crippen molar-refractivity contribution >= 4 is 17.4 Å². The standard InChI is InChI=1S/C13H17N3O2S/c1-3-15(4-2)7-8-19-12-5-6-13(16(17)18)11(9-12)10-14/h5-6,9H,3-4,7-8H2,1-2H3. The topological polar surface area (TPSA) is 70.2 Å². The number of hydrogen-bond acceptors (Lipinski definition) is 5. The molecule has 19 heavy (non-hydrogen) atoms. The Kier molecular flexibility index (Phi) is 6.33. The van der Waals surface area contributed by atoms with E-state index < -0.39 is 4.92 Å². The van der Waals surface area contributed by atoms with Crippen LogP contribution in [0.4, 0.5) is 5.69 Å². The van der Waals surface area contributed by atoms with Gasteiger partial charge in [0.05, 0.1) is 4.92 Å². The lowest BCUT2D eigenvalue weighted by Crippen LogP contribution is -2.25. The molecule has 0 saturated carbocycles. The molecule has 5 nitrogen and oxygen atoms in total. The van der Waals surface area contributed by atoms with Crippen molar-refractivity contribution < 1.29 is 4.92 Å². The van der Waals surface area contributed by atoms with Crippen molar-refractivity contribution in [3.63, 3.8) is 0 Å². The van der Waals surface area contributed by atoms with Gasteiger partial charge in [-0.3, -0.25) is 10.1 Å². The van der Waals surface area contributed by atoms with E-state index in [4.69, 9.17) is 5.26 Å². The Morgan fingerprint density at radius 1 is 1.42 bits per heavy atom. The molecule has 0 aliphatic carbocycles. The van der Waals surface area contributed by atoms with Crippen LogP contribution in [0.1, 0.15) is 19.4 Å². The molecule has 0 spiro atoms. The molecule has 0 radical (unpaired) electrons. The molecule has 0 bridgehead atoms. The van der Waals surface area contributed by atoms with Gasteiger partial charge in [0.15, 0.2) is 0 Å². The van der Waals surface area contributed by atoms with Gasteiger partial charge in [0, 0.05) is 23.3 Å². The first-order valence-electron chi connectivity index (χ1n) is 6.16. The van der Waals surface area contributed by atoms with E-state index >= 15 is 0 Å².